The van der Waals surface area contributed by atoms with Crippen LogP contribution in [0.1, 0.15) is 32.6 Å². The smallest absolute Gasteiger partial charge is 0.309 e. The number of hydrogen-bond donors (Lipinski definition) is 5. The molecule has 1 amide bonds. The highest BCUT2D eigenvalue weighted by Gasteiger charge is 2.24. The number of aliphatic hydroxyl groups is 2. The average Bonchev–Trinajstić information content (AvgIpc) is 2.48. The summed E-state index contributed by atoms with van der Waals surface area (Å²) in [4.78, 5) is 36.0. The van der Waals surface area contributed by atoms with Gasteiger partial charge in [-0.05, 0) is 32.9 Å². The number of nitrogens with zero attached hydrogens (tertiary/aromatic N) is 1. The van der Waals surface area contributed by atoms with E-state index in [9.17, 15) is 19.5 Å². The van der Waals surface area contributed by atoms with Gasteiger partial charge in [-0.3, -0.25) is 14.4 Å². The number of amides is 1. The van der Waals surface area contributed by atoms with Gasteiger partial charge in [0, 0.05) is 31.8 Å². The minimum atomic E-state index is -1.23. The number of carboxylic acids is 1. The first-order valence-corrected chi connectivity index (χ1v) is 8.32. The molecule has 0 aliphatic rings. The van der Waals surface area contributed by atoms with Crippen molar-refractivity contribution < 1.29 is 29.7 Å². The van der Waals surface area contributed by atoms with Crippen LogP contribution in [0.2, 0.25) is 0 Å². The zero-order chi connectivity index (χ0) is 19.6. The summed E-state index contributed by atoms with van der Waals surface area (Å²) in [6.07, 6.45) is -0.327. The van der Waals surface area contributed by atoms with Crippen molar-refractivity contribution in [1.29, 1.82) is 0 Å². The Morgan fingerprint density at radius 1 is 1.16 bits per heavy atom. The average molecular weight is 361 g/mol. The summed E-state index contributed by atoms with van der Waals surface area (Å²) >= 11 is 0. The van der Waals surface area contributed by atoms with E-state index in [4.69, 9.17) is 21.7 Å². The van der Waals surface area contributed by atoms with E-state index < -0.39 is 30.5 Å². The first-order valence-electron chi connectivity index (χ1n) is 8.32. The second kappa shape index (κ2) is 11.9. The van der Waals surface area contributed by atoms with Gasteiger partial charge in [-0.1, -0.05) is 0 Å². The molecule has 9 heteroatoms. The normalized spacial score (nSPS) is 16.2. The topological polar surface area (TPSA) is 167 Å². The number of nitrogens with two attached hydrogens (primary N) is 2. The Morgan fingerprint density at radius 3 is 2.20 bits per heavy atom. The third-order valence-corrected chi connectivity index (χ3v) is 4.08. The Kier molecular flexibility index (Phi) is 11.2. The highest BCUT2D eigenvalue weighted by atomic mass is 16.4. The number of aliphatic hydroxyl groups excluding tert-OH is 2. The molecule has 0 bridgehead atoms. The Labute approximate surface area is 148 Å². The van der Waals surface area contributed by atoms with Gasteiger partial charge in [0.2, 0.25) is 5.91 Å². The van der Waals surface area contributed by atoms with Crippen molar-refractivity contribution in [2.45, 2.75) is 44.8 Å². The number of carboxylic acid groups (broad SMARTS) is 1. The van der Waals surface area contributed by atoms with E-state index in [1.54, 1.807) is 14.0 Å². The van der Waals surface area contributed by atoms with Crippen LogP contribution in [0.25, 0.3) is 0 Å². The van der Waals surface area contributed by atoms with Crippen LogP contribution in [-0.2, 0) is 14.4 Å². The second-order valence-corrected chi connectivity index (χ2v) is 6.66. The summed E-state index contributed by atoms with van der Waals surface area (Å²) in [6.45, 7) is 1.99. The van der Waals surface area contributed by atoms with Gasteiger partial charge >= 0.3 is 5.97 Å². The number of carbonyl (C=O) groups excluding carboxylic acids is 2. The largest absolute Gasteiger partial charge is 0.481 e. The van der Waals surface area contributed by atoms with E-state index in [1.807, 2.05) is 4.90 Å². The molecule has 0 fully saturated rings. The molecular weight excluding hydrogens is 330 g/mol. The van der Waals surface area contributed by atoms with Crippen molar-refractivity contribution in [3.63, 3.8) is 0 Å². The number of hydrogen-bond acceptors (Lipinski definition) is 7. The molecule has 0 spiro atoms. The van der Waals surface area contributed by atoms with Crippen molar-refractivity contribution in [1.82, 2.24) is 4.90 Å². The minimum absolute atomic E-state index is 0.00932. The molecule has 1 unspecified atom stereocenters. The Bertz CT molecular complexity index is 444. The van der Waals surface area contributed by atoms with E-state index in [0.29, 0.717) is 19.5 Å². The zero-order valence-corrected chi connectivity index (χ0v) is 14.9. The van der Waals surface area contributed by atoms with Crippen LogP contribution in [0, 0.1) is 11.8 Å². The van der Waals surface area contributed by atoms with Crippen LogP contribution in [0.3, 0.4) is 0 Å². The summed E-state index contributed by atoms with van der Waals surface area (Å²) in [5.74, 6) is -3.58. The number of rotatable bonds is 14. The highest BCUT2D eigenvalue weighted by molar-refractivity contribution is 5.84. The maximum Gasteiger partial charge on any atom is 0.309 e. The van der Waals surface area contributed by atoms with Crippen LogP contribution in [0.4, 0.5) is 0 Å². The van der Waals surface area contributed by atoms with Gasteiger partial charge in [0.1, 0.15) is 5.78 Å². The molecule has 7 N–H and O–H groups in total. The Balaban J connectivity index is 4.60. The fourth-order valence-electron chi connectivity index (χ4n) is 2.54. The highest BCUT2D eigenvalue weighted by Crippen LogP contribution is 2.15. The number of aliphatic carboxylic acids is 1. The van der Waals surface area contributed by atoms with Crippen molar-refractivity contribution in [3.8, 4) is 0 Å². The van der Waals surface area contributed by atoms with Gasteiger partial charge in [0.25, 0.3) is 0 Å². The fraction of sp³-hybridized carbons (Fsp3) is 0.812. The predicted molar refractivity (Wildman–Crippen MR) is 91.5 cm³/mol. The van der Waals surface area contributed by atoms with Crippen molar-refractivity contribution in [2.24, 2.45) is 23.3 Å². The summed E-state index contributed by atoms with van der Waals surface area (Å²) in [5.41, 5.74) is 11.0. The molecule has 0 heterocycles. The van der Waals surface area contributed by atoms with E-state index in [-0.39, 0.29) is 37.0 Å². The molecule has 0 radical (unpaired) electrons. The fourth-order valence-corrected chi connectivity index (χ4v) is 2.54. The molecule has 4 atom stereocenters. The summed E-state index contributed by atoms with van der Waals surface area (Å²) in [7, 11) is 1.81. The van der Waals surface area contributed by atoms with E-state index in [0.717, 1.165) is 0 Å². The molecule has 0 aromatic rings. The lowest BCUT2D eigenvalue weighted by molar-refractivity contribution is -0.145. The van der Waals surface area contributed by atoms with Crippen LogP contribution in [0.5, 0.6) is 0 Å². The maximum absolute atomic E-state index is 12.0. The molecule has 0 aliphatic carbocycles. The third-order valence-electron chi connectivity index (χ3n) is 4.08. The zero-order valence-electron chi connectivity index (χ0n) is 14.9. The Morgan fingerprint density at radius 2 is 1.76 bits per heavy atom. The monoisotopic (exact) mass is 361 g/mol. The number of primary amides is 1. The van der Waals surface area contributed by atoms with Crippen LogP contribution in [-0.4, -0.2) is 76.8 Å². The standard InChI is InChI=1S/C16H31N3O6/c1-10(21)14(17)3-4-19(2)8-11(6-15(18)23)5-13(22)7-12(9-20)16(24)25/h10-12,14,20-21H,3-9,17H2,1-2H3,(H2,18,23)(H,24,25)/t10?,11-,12-,14+/m1/s1. The SMILES string of the molecule is CC(O)[C@@H](N)CCN(C)C[C@@H](CC(N)=O)CC(=O)C[C@H](CO)C(=O)O. The van der Waals surface area contributed by atoms with Gasteiger partial charge in [-0.25, -0.2) is 0 Å². The van der Waals surface area contributed by atoms with Gasteiger partial charge in [0.15, 0.2) is 0 Å². The molecule has 0 rings (SSSR count). The number of carbonyl (C=O) groups is 3. The first-order chi connectivity index (χ1) is 11.6. The van der Waals surface area contributed by atoms with Crippen molar-refractivity contribution in [3.05, 3.63) is 0 Å². The summed E-state index contributed by atoms with van der Waals surface area (Å²) < 4.78 is 0. The van der Waals surface area contributed by atoms with Crippen LogP contribution >= 0.6 is 0 Å². The van der Waals surface area contributed by atoms with E-state index in [1.165, 1.54) is 0 Å². The molecule has 0 saturated carbocycles. The summed E-state index contributed by atoms with van der Waals surface area (Å²) in [6, 6.07) is -0.362. The molecule has 0 aromatic heterocycles. The Hall–Kier alpha value is -1.55. The van der Waals surface area contributed by atoms with E-state index in [2.05, 4.69) is 0 Å². The van der Waals surface area contributed by atoms with E-state index >= 15 is 0 Å². The second-order valence-electron chi connectivity index (χ2n) is 6.66. The minimum Gasteiger partial charge on any atom is -0.481 e. The predicted octanol–water partition coefficient (Wildman–Crippen LogP) is -1.45. The molecule has 0 aromatic carbocycles. The number of Topliss-reactive ketones (excluding diaryl/α,β-unsaturated/α-hetero) is 1. The van der Waals surface area contributed by atoms with Crippen molar-refractivity contribution >= 4 is 17.7 Å². The quantitative estimate of drug-likeness (QED) is 0.250. The first kappa shape index (κ1) is 23.4. The van der Waals surface area contributed by atoms with Gasteiger partial charge in [-0.2, -0.15) is 0 Å². The molecule has 0 saturated heterocycles. The molecular formula is C16H31N3O6. The van der Waals surface area contributed by atoms with Crippen LogP contribution < -0.4 is 11.5 Å². The summed E-state index contributed by atoms with van der Waals surface area (Å²) in [5, 5.41) is 27.3. The molecule has 0 aliphatic heterocycles. The molecule has 25 heavy (non-hydrogen) atoms. The van der Waals surface area contributed by atoms with Gasteiger partial charge < -0.3 is 31.7 Å². The number of ketones is 1. The lowest BCUT2D eigenvalue weighted by atomic mass is 9.93. The van der Waals surface area contributed by atoms with Gasteiger partial charge in [-0.15, -0.1) is 0 Å². The van der Waals surface area contributed by atoms with Crippen molar-refractivity contribution in [2.75, 3.05) is 26.7 Å². The molecule has 9 nitrogen and oxygen atoms in total. The third kappa shape index (κ3) is 10.8. The maximum atomic E-state index is 12.0. The lowest BCUT2D eigenvalue weighted by Crippen LogP contribution is -2.38. The lowest BCUT2D eigenvalue weighted by Gasteiger charge is -2.25. The molecule has 146 valence electrons. The van der Waals surface area contributed by atoms with Gasteiger partial charge in [0.05, 0.1) is 18.6 Å². The van der Waals surface area contributed by atoms with Crippen LogP contribution in [0.15, 0.2) is 0 Å².